The van der Waals surface area contributed by atoms with Gasteiger partial charge in [0.25, 0.3) is 5.91 Å². The van der Waals surface area contributed by atoms with Gasteiger partial charge in [0.2, 0.25) is 0 Å². The maximum atomic E-state index is 12.9. The van der Waals surface area contributed by atoms with Gasteiger partial charge < -0.3 is 5.32 Å². The summed E-state index contributed by atoms with van der Waals surface area (Å²) in [5, 5.41) is 3.20. The number of carbonyl (C=O) groups excluding carboxylic acids is 1. The summed E-state index contributed by atoms with van der Waals surface area (Å²) in [6.07, 6.45) is 4.39. The van der Waals surface area contributed by atoms with Crippen molar-refractivity contribution in [3.63, 3.8) is 0 Å². The smallest absolute Gasteiger partial charge is 0.251 e. The van der Waals surface area contributed by atoms with Gasteiger partial charge in [-0.25, -0.2) is 0 Å². The first-order valence-corrected chi connectivity index (χ1v) is 13.7. The predicted octanol–water partition coefficient (Wildman–Crippen LogP) is 7.65. The van der Waals surface area contributed by atoms with Crippen LogP contribution in [-0.2, 0) is 6.42 Å². The highest BCUT2D eigenvalue weighted by Crippen LogP contribution is 2.29. The van der Waals surface area contributed by atoms with E-state index in [-0.39, 0.29) is 11.9 Å². The average Bonchev–Trinajstić information content (AvgIpc) is 2.88. The summed E-state index contributed by atoms with van der Waals surface area (Å²) in [5.74, 6) is 0.702. The third-order valence-corrected chi connectivity index (χ3v) is 8.01. The van der Waals surface area contributed by atoms with Gasteiger partial charge in [0, 0.05) is 16.1 Å². The largest absolute Gasteiger partial charge is 0.345 e. The second-order valence-electron chi connectivity index (χ2n) is 9.95. The number of rotatable bonds is 8. The van der Waals surface area contributed by atoms with E-state index < -0.39 is 0 Å². The third kappa shape index (κ3) is 6.83. The molecule has 3 nitrogen and oxygen atoms in total. The van der Waals surface area contributed by atoms with Crippen LogP contribution < -0.4 is 5.32 Å². The fourth-order valence-corrected chi connectivity index (χ4v) is 5.35. The number of carbonyl (C=O) groups is 1. The van der Waals surface area contributed by atoms with Gasteiger partial charge in [-0.2, -0.15) is 0 Å². The maximum Gasteiger partial charge on any atom is 0.251 e. The second-order valence-corrected chi connectivity index (χ2v) is 10.9. The van der Waals surface area contributed by atoms with Crippen molar-refractivity contribution in [3.05, 3.63) is 105 Å². The third-order valence-electron chi connectivity index (χ3n) is 7.48. The van der Waals surface area contributed by atoms with Crippen LogP contribution in [0.4, 0.5) is 0 Å². The number of amides is 1. The Morgan fingerprint density at radius 2 is 1.54 bits per heavy atom. The summed E-state index contributed by atoms with van der Waals surface area (Å²) in [4.78, 5) is 15.5. The second kappa shape index (κ2) is 12.0. The zero-order chi connectivity index (χ0) is 24.8. The van der Waals surface area contributed by atoms with Crippen LogP contribution in [0.5, 0.6) is 0 Å². The van der Waals surface area contributed by atoms with E-state index in [1.807, 2.05) is 12.1 Å². The number of benzene rings is 3. The highest BCUT2D eigenvalue weighted by Gasteiger charge is 2.24. The van der Waals surface area contributed by atoms with Crippen LogP contribution in [0.25, 0.3) is 0 Å². The van der Waals surface area contributed by atoms with Crippen molar-refractivity contribution in [2.75, 3.05) is 13.1 Å². The number of hydrogen-bond donors (Lipinski definition) is 1. The summed E-state index contributed by atoms with van der Waals surface area (Å²) in [6, 6.07) is 25.9. The Morgan fingerprint density at radius 3 is 2.14 bits per heavy atom. The molecular weight excluding hydrogens is 496 g/mol. The molecule has 0 saturated carbocycles. The Bertz CT molecular complexity index is 1080. The van der Waals surface area contributed by atoms with Crippen molar-refractivity contribution < 1.29 is 4.79 Å². The molecule has 0 aromatic heterocycles. The highest BCUT2D eigenvalue weighted by atomic mass is 79.9. The van der Waals surface area contributed by atoms with E-state index in [4.69, 9.17) is 0 Å². The summed E-state index contributed by atoms with van der Waals surface area (Å²) < 4.78 is 1.13. The van der Waals surface area contributed by atoms with Crippen LogP contribution >= 0.6 is 15.9 Å². The molecule has 0 radical (unpaired) electrons. The lowest BCUT2D eigenvalue weighted by Crippen LogP contribution is -2.36. The number of halogens is 1. The maximum absolute atomic E-state index is 12.9. The lowest BCUT2D eigenvalue weighted by Gasteiger charge is -2.36. The molecule has 1 aliphatic heterocycles. The van der Waals surface area contributed by atoms with E-state index in [2.05, 4.69) is 108 Å². The van der Waals surface area contributed by atoms with Crippen molar-refractivity contribution in [1.29, 1.82) is 0 Å². The quantitative estimate of drug-likeness (QED) is 0.323. The molecule has 2 atom stereocenters. The molecule has 3 aromatic carbocycles. The van der Waals surface area contributed by atoms with E-state index in [0.717, 1.165) is 41.5 Å². The normalized spacial score (nSPS) is 16.6. The van der Waals surface area contributed by atoms with Gasteiger partial charge in [-0.15, -0.1) is 0 Å². The molecule has 0 spiro atoms. The zero-order valence-corrected chi connectivity index (χ0v) is 22.7. The molecule has 4 heteroatoms. The van der Waals surface area contributed by atoms with Gasteiger partial charge >= 0.3 is 0 Å². The van der Waals surface area contributed by atoms with Gasteiger partial charge in [0.15, 0.2) is 0 Å². The molecule has 184 valence electrons. The lowest BCUT2D eigenvalue weighted by atomic mass is 9.89. The molecular formula is C31H37BrN2O. The number of aryl methyl sites for hydroxylation is 1. The minimum atomic E-state index is -0.000729. The van der Waals surface area contributed by atoms with E-state index in [9.17, 15) is 4.79 Å². The van der Waals surface area contributed by atoms with E-state index in [0.29, 0.717) is 12.0 Å². The van der Waals surface area contributed by atoms with Gasteiger partial charge in [0.05, 0.1) is 6.04 Å². The summed E-state index contributed by atoms with van der Waals surface area (Å²) >= 11 is 3.53. The standard InChI is InChI=1S/C31H37BrN2O/c1-4-30(27-9-5-22(2)6-10-27)33-31(35)28-11-7-24(8-12-28)21-25-17-19-34(20-18-25)23(3)26-13-15-29(32)16-14-26/h5-16,23,25,30H,4,17-21H2,1-3H3,(H,33,35)/t23?,30-/m1/s1. The zero-order valence-electron chi connectivity index (χ0n) is 21.1. The number of piperidine rings is 1. The molecule has 35 heavy (non-hydrogen) atoms. The monoisotopic (exact) mass is 532 g/mol. The van der Waals surface area contributed by atoms with Crippen LogP contribution in [0.3, 0.4) is 0 Å². The Morgan fingerprint density at radius 1 is 0.943 bits per heavy atom. The molecule has 1 saturated heterocycles. The fraction of sp³-hybridized carbons (Fsp3) is 0.387. The van der Waals surface area contributed by atoms with Crippen molar-refractivity contribution in [2.24, 2.45) is 5.92 Å². The summed E-state index contributed by atoms with van der Waals surface area (Å²) in [6.45, 7) is 8.78. The van der Waals surface area contributed by atoms with E-state index in [1.54, 1.807) is 0 Å². The van der Waals surface area contributed by atoms with Gasteiger partial charge in [-0.05, 0) is 99.5 Å². The topological polar surface area (TPSA) is 32.3 Å². The SMILES string of the molecule is CC[C@@H](NC(=O)c1ccc(CC2CCN(C(C)c3ccc(Br)cc3)CC2)cc1)c1ccc(C)cc1. The van der Waals surface area contributed by atoms with Crippen LogP contribution in [0.1, 0.15) is 77.8 Å². The molecule has 1 unspecified atom stereocenters. The predicted molar refractivity (Wildman–Crippen MR) is 149 cm³/mol. The van der Waals surface area contributed by atoms with Gasteiger partial charge in [-0.1, -0.05) is 76.9 Å². The number of nitrogens with zero attached hydrogens (tertiary/aromatic N) is 1. The minimum absolute atomic E-state index is 0.000729. The molecule has 1 N–H and O–H groups in total. The van der Waals surface area contributed by atoms with Crippen LogP contribution in [0.15, 0.2) is 77.3 Å². The van der Waals surface area contributed by atoms with Crippen molar-refractivity contribution in [3.8, 4) is 0 Å². The van der Waals surface area contributed by atoms with E-state index >= 15 is 0 Å². The highest BCUT2D eigenvalue weighted by molar-refractivity contribution is 9.10. The first-order valence-electron chi connectivity index (χ1n) is 12.9. The summed E-state index contributed by atoms with van der Waals surface area (Å²) in [7, 11) is 0. The molecule has 4 rings (SSSR count). The average molecular weight is 534 g/mol. The van der Waals surface area contributed by atoms with Crippen LogP contribution in [0.2, 0.25) is 0 Å². The molecule has 0 bridgehead atoms. The number of nitrogens with one attached hydrogen (secondary N) is 1. The Hall–Kier alpha value is -2.43. The minimum Gasteiger partial charge on any atom is -0.345 e. The fourth-order valence-electron chi connectivity index (χ4n) is 5.08. The van der Waals surface area contributed by atoms with E-state index in [1.165, 1.54) is 29.5 Å². The Balaban J connectivity index is 1.28. The first-order chi connectivity index (χ1) is 16.9. The molecule has 1 heterocycles. The van der Waals surface area contributed by atoms with Crippen LogP contribution in [-0.4, -0.2) is 23.9 Å². The first kappa shape index (κ1) is 25.7. The molecule has 0 aliphatic carbocycles. The number of likely N-dealkylation sites (tertiary alicyclic amines) is 1. The lowest BCUT2D eigenvalue weighted by molar-refractivity contribution is 0.0935. The molecule has 1 aliphatic rings. The van der Waals surface area contributed by atoms with Crippen molar-refractivity contribution in [1.82, 2.24) is 10.2 Å². The Kier molecular flexibility index (Phi) is 8.80. The van der Waals surface area contributed by atoms with Gasteiger partial charge in [0.1, 0.15) is 0 Å². The molecule has 1 fully saturated rings. The summed E-state index contributed by atoms with van der Waals surface area (Å²) in [5.41, 5.74) is 5.83. The van der Waals surface area contributed by atoms with Crippen molar-refractivity contribution in [2.45, 2.75) is 58.5 Å². The molecule has 3 aromatic rings. The number of hydrogen-bond acceptors (Lipinski definition) is 2. The Labute approximate surface area is 219 Å². The van der Waals surface area contributed by atoms with Crippen molar-refractivity contribution >= 4 is 21.8 Å². The van der Waals surface area contributed by atoms with Gasteiger partial charge in [-0.3, -0.25) is 9.69 Å². The van der Waals surface area contributed by atoms with Crippen LogP contribution in [0, 0.1) is 12.8 Å². The molecule has 1 amide bonds.